The lowest BCUT2D eigenvalue weighted by Crippen LogP contribution is -2.18. The van der Waals surface area contributed by atoms with Gasteiger partial charge in [-0.2, -0.15) is 0 Å². The second kappa shape index (κ2) is 9.36. The molecular formula is C20H22N2O4. The number of hydrogen-bond donors (Lipinski definition) is 2. The number of esters is 1. The van der Waals surface area contributed by atoms with Crippen molar-refractivity contribution in [1.82, 2.24) is 0 Å². The molecule has 2 rings (SSSR count). The number of carbonyl (C=O) groups is 3. The van der Waals surface area contributed by atoms with Gasteiger partial charge in [0.25, 0.3) is 0 Å². The van der Waals surface area contributed by atoms with E-state index in [0.717, 1.165) is 5.69 Å². The van der Waals surface area contributed by atoms with Crippen LogP contribution in [0.5, 0.6) is 0 Å². The molecule has 0 aromatic heterocycles. The quantitative estimate of drug-likeness (QED) is 0.560. The van der Waals surface area contributed by atoms with Gasteiger partial charge in [0.2, 0.25) is 5.91 Å². The zero-order valence-corrected chi connectivity index (χ0v) is 14.9. The zero-order valence-electron chi connectivity index (χ0n) is 14.9. The van der Waals surface area contributed by atoms with Crippen molar-refractivity contribution in [3.63, 3.8) is 0 Å². The molecule has 6 heteroatoms. The number of rotatable bonds is 8. The highest BCUT2D eigenvalue weighted by Gasteiger charge is 2.13. The molecule has 0 unspecified atom stereocenters. The summed E-state index contributed by atoms with van der Waals surface area (Å²) in [5.41, 5.74) is 2.23. The van der Waals surface area contributed by atoms with Gasteiger partial charge in [-0.3, -0.25) is 9.59 Å². The lowest BCUT2D eigenvalue weighted by atomic mass is 10.1. The Morgan fingerprint density at radius 1 is 1.00 bits per heavy atom. The van der Waals surface area contributed by atoms with E-state index in [0.29, 0.717) is 23.4 Å². The first-order valence-electron chi connectivity index (χ1n) is 8.42. The lowest BCUT2D eigenvalue weighted by Gasteiger charge is -2.11. The molecule has 0 aliphatic rings. The van der Waals surface area contributed by atoms with Gasteiger partial charge in [0, 0.05) is 24.2 Å². The maximum Gasteiger partial charge on any atom is 0.340 e. The fourth-order valence-corrected chi connectivity index (χ4v) is 2.33. The number of anilines is 2. The third-order valence-electron chi connectivity index (χ3n) is 3.67. The van der Waals surface area contributed by atoms with Gasteiger partial charge in [-0.1, -0.05) is 12.1 Å². The standard InChI is InChI=1S/C20H22N2O4/c1-3-26-20(25)17-6-4-5-7-18(17)22-19(24)12-13-21-16-10-8-15(9-11-16)14(2)23/h4-11,21H,3,12-13H2,1-2H3,(H,22,24). The number of hydrogen-bond acceptors (Lipinski definition) is 5. The topological polar surface area (TPSA) is 84.5 Å². The molecular weight excluding hydrogens is 332 g/mol. The molecule has 2 aromatic rings. The number of amides is 1. The summed E-state index contributed by atoms with van der Waals surface area (Å²) in [7, 11) is 0. The van der Waals surface area contributed by atoms with Crippen LogP contribution in [-0.2, 0) is 9.53 Å². The predicted molar refractivity (Wildman–Crippen MR) is 101 cm³/mol. The van der Waals surface area contributed by atoms with Crippen LogP contribution in [0.25, 0.3) is 0 Å². The summed E-state index contributed by atoms with van der Waals surface area (Å²) in [6, 6.07) is 13.8. The molecule has 6 nitrogen and oxygen atoms in total. The molecule has 0 fully saturated rings. The van der Waals surface area contributed by atoms with Crippen LogP contribution in [0.2, 0.25) is 0 Å². The third kappa shape index (κ3) is 5.44. The predicted octanol–water partition coefficient (Wildman–Crippen LogP) is 3.51. The van der Waals surface area contributed by atoms with Gasteiger partial charge >= 0.3 is 5.97 Å². The molecule has 0 saturated carbocycles. The van der Waals surface area contributed by atoms with Crippen molar-refractivity contribution in [3.8, 4) is 0 Å². The average molecular weight is 354 g/mol. The van der Waals surface area contributed by atoms with Crippen LogP contribution in [0.3, 0.4) is 0 Å². The summed E-state index contributed by atoms with van der Waals surface area (Å²) in [6.07, 6.45) is 0.228. The largest absolute Gasteiger partial charge is 0.462 e. The van der Waals surface area contributed by atoms with Crippen LogP contribution < -0.4 is 10.6 Å². The molecule has 0 spiro atoms. The van der Waals surface area contributed by atoms with Crippen molar-refractivity contribution in [2.75, 3.05) is 23.8 Å². The van der Waals surface area contributed by atoms with Crippen LogP contribution >= 0.6 is 0 Å². The van der Waals surface area contributed by atoms with E-state index in [-0.39, 0.29) is 24.7 Å². The van der Waals surface area contributed by atoms with Gasteiger partial charge in [0.1, 0.15) is 0 Å². The van der Waals surface area contributed by atoms with E-state index < -0.39 is 5.97 Å². The molecule has 0 aliphatic heterocycles. The van der Waals surface area contributed by atoms with E-state index >= 15 is 0 Å². The first-order chi connectivity index (χ1) is 12.5. The van der Waals surface area contributed by atoms with Crippen LogP contribution in [-0.4, -0.2) is 30.8 Å². The molecule has 0 atom stereocenters. The summed E-state index contributed by atoms with van der Waals surface area (Å²) >= 11 is 0. The second-order valence-corrected chi connectivity index (χ2v) is 5.62. The fraction of sp³-hybridized carbons (Fsp3) is 0.250. The molecule has 0 heterocycles. The highest BCUT2D eigenvalue weighted by molar-refractivity contribution is 6.01. The van der Waals surface area contributed by atoms with E-state index in [2.05, 4.69) is 10.6 Å². The average Bonchev–Trinajstić information content (AvgIpc) is 2.62. The van der Waals surface area contributed by atoms with Gasteiger partial charge in [-0.25, -0.2) is 4.79 Å². The lowest BCUT2D eigenvalue weighted by molar-refractivity contribution is -0.115. The SMILES string of the molecule is CCOC(=O)c1ccccc1NC(=O)CCNc1ccc(C(C)=O)cc1. The van der Waals surface area contributed by atoms with Crippen molar-refractivity contribution in [2.45, 2.75) is 20.3 Å². The molecule has 2 aromatic carbocycles. The Kier molecular flexibility index (Phi) is 6.91. The highest BCUT2D eigenvalue weighted by Crippen LogP contribution is 2.16. The zero-order chi connectivity index (χ0) is 18.9. The van der Waals surface area contributed by atoms with Gasteiger partial charge in [0.05, 0.1) is 17.9 Å². The summed E-state index contributed by atoms with van der Waals surface area (Å²) < 4.78 is 4.99. The molecule has 0 bridgehead atoms. The Hall–Kier alpha value is -3.15. The van der Waals surface area contributed by atoms with E-state index in [1.54, 1.807) is 55.5 Å². The fourth-order valence-electron chi connectivity index (χ4n) is 2.33. The first-order valence-corrected chi connectivity index (χ1v) is 8.42. The Morgan fingerprint density at radius 3 is 2.35 bits per heavy atom. The van der Waals surface area contributed by atoms with Crippen molar-refractivity contribution >= 4 is 29.0 Å². The summed E-state index contributed by atoms with van der Waals surface area (Å²) in [5, 5.41) is 5.86. The second-order valence-electron chi connectivity index (χ2n) is 5.62. The summed E-state index contributed by atoms with van der Waals surface area (Å²) in [4.78, 5) is 35.3. The van der Waals surface area contributed by atoms with Gasteiger partial charge < -0.3 is 15.4 Å². The monoisotopic (exact) mass is 354 g/mol. The Bertz CT molecular complexity index is 785. The van der Waals surface area contributed by atoms with Gasteiger partial charge in [-0.15, -0.1) is 0 Å². The van der Waals surface area contributed by atoms with E-state index in [1.807, 2.05) is 0 Å². The maximum atomic E-state index is 12.1. The number of ether oxygens (including phenoxy) is 1. The smallest absolute Gasteiger partial charge is 0.340 e. The van der Waals surface area contributed by atoms with Gasteiger partial charge in [0.15, 0.2) is 5.78 Å². The van der Waals surface area contributed by atoms with E-state index in [4.69, 9.17) is 4.74 Å². The van der Waals surface area contributed by atoms with Gasteiger partial charge in [-0.05, 0) is 50.2 Å². The number of para-hydroxylation sites is 1. The Labute approximate surface area is 152 Å². The number of nitrogens with one attached hydrogen (secondary N) is 2. The molecule has 0 saturated heterocycles. The molecule has 1 amide bonds. The van der Waals surface area contributed by atoms with Crippen molar-refractivity contribution < 1.29 is 19.1 Å². The van der Waals surface area contributed by atoms with Crippen molar-refractivity contribution in [1.29, 1.82) is 0 Å². The Morgan fingerprint density at radius 2 is 1.69 bits per heavy atom. The number of ketones is 1. The summed E-state index contributed by atoms with van der Waals surface area (Å²) in [6.45, 7) is 3.94. The van der Waals surface area contributed by atoms with E-state index in [9.17, 15) is 14.4 Å². The normalized spacial score (nSPS) is 10.1. The number of carbonyl (C=O) groups excluding carboxylic acids is 3. The van der Waals surface area contributed by atoms with Crippen LogP contribution in [0.1, 0.15) is 41.0 Å². The van der Waals surface area contributed by atoms with E-state index in [1.165, 1.54) is 6.92 Å². The minimum Gasteiger partial charge on any atom is -0.462 e. The Balaban J connectivity index is 1.87. The molecule has 2 N–H and O–H groups in total. The minimum absolute atomic E-state index is 0.0104. The highest BCUT2D eigenvalue weighted by atomic mass is 16.5. The third-order valence-corrected chi connectivity index (χ3v) is 3.67. The molecule has 26 heavy (non-hydrogen) atoms. The maximum absolute atomic E-state index is 12.1. The van der Waals surface area contributed by atoms with Crippen molar-refractivity contribution in [3.05, 3.63) is 59.7 Å². The molecule has 0 aliphatic carbocycles. The first kappa shape index (κ1) is 19.2. The van der Waals surface area contributed by atoms with Crippen LogP contribution in [0, 0.1) is 0 Å². The molecule has 136 valence electrons. The summed E-state index contributed by atoms with van der Waals surface area (Å²) in [5.74, 6) is -0.669. The number of benzene rings is 2. The minimum atomic E-state index is -0.466. The van der Waals surface area contributed by atoms with Crippen LogP contribution in [0.15, 0.2) is 48.5 Å². The van der Waals surface area contributed by atoms with Crippen LogP contribution in [0.4, 0.5) is 11.4 Å². The number of Topliss-reactive ketones (excluding diaryl/α,β-unsaturated/α-hetero) is 1. The van der Waals surface area contributed by atoms with Crippen molar-refractivity contribution in [2.24, 2.45) is 0 Å². The molecule has 0 radical (unpaired) electrons.